The van der Waals surface area contributed by atoms with Crippen molar-refractivity contribution in [2.75, 3.05) is 7.05 Å². The van der Waals surface area contributed by atoms with E-state index in [-0.39, 0.29) is 11.7 Å². The molecule has 1 unspecified atom stereocenters. The molecule has 2 aromatic carbocycles. The Morgan fingerprint density at radius 3 is 2.77 bits per heavy atom. The molecule has 0 spiro atoms. The molecule has 2 N–H and O–H groups in total. The minimum atomic E-state index is -0.403. The lowest BCUT2D eigenvalue weighted by molar-refractivity contribution is -0.384. The maximum atomic E-state index is 10.9. The number of fused-ring (bicyclic) bond motifs is 1. The van der Waals surface area contributed by atoms with Crippen LogP contribution in [0.15, 0.2) is 64.0 Å². The highest BCUT2D eigenvalue weighted by atomic mass is 16.6. The van der Waals surface area contributed by atoms with Crippen LogP contribution in [0.5, 0.6) is 0 Å². The van der Waals surface area contributed by atoms with E-state index in [4.69, 9.17) is 4.42 Å². The molecule has 26 heavy (non-hydrogen) atoms. The van der Waals surface area contributed by atoms with Crippen LogP contribution in [-0.2, 0) is 6.54 Å². The van der Waals surface area contributed by atoms with E-state index < -0.39 is 4.92 Å². The van der Waals surface area contributed by atoms with Gasteiger partial charge in [0.25, 0.3) is 5.69 Å². The molecule has 0 radical (unpaired) electrons. The van der Waals surface area contributed by atoms with Crippen molar-refractivity contribution in [1.29, 1.82) is 0 Å². The fourth-order valence-electron chi connectivity index (χ4n) is 2.65. The van der Waals surface area contributed by atoms with E-state index in [2.05, 4.69) is 15.6 Å². The number of aliphatic imine (C=N–C) groups is 1. The molecule has 0 aliphatic rings. The Bertz CT molecular complexity index is 916. The number of nitro groups is 1. The van der Waals surface area contributed by atoms with Gasteiger partial charge in [-0.05, 0) is 24.6 Å². The summed E-state index contributed by atoms with van der Waals surface area (Å²) >= 11 is 0. The van der Waals surface area contributed by atoms with Crippen molar-refractivity contribution in [3.8, 4) is 0 Å². The van der Waals surface area contributed by atoms with Crippen LogP contribution < -0.4 is 10.6 Å². The van der Waals surface area contributed by atoms with Gasteiger partial charge in [-0.1, -0.05) is 30.3 Å². The highest BCUT2D eigenvalue weighted by Gasteiger charge is 2.13. The quantitative estimate of drug-likeness (QED) is 0.316. The summed E-state index contributed by atoms with van der Waals surface area (Å²) in [6.45, 7) is 2.41. The predicted octanol–water partition coefficient (Wildman–Crippen LogP) is 3.77. The van der Waals surface area contributed by atoms with Crippen LogP contribution in [-0.4, -0.2) is 17.9 Å². The second-order valence-electron chi connectivity index (χ2n) is 5.91. The van der Waals surface area contributed by atoms with E-state index in [1.807, 2.05) is 43.3 Å². The summed E-state index contributed by atoms with van der Waals surface area (Å²) in [6, 6.07) is 16.3. The molecule has 1 atom stereocenters. The van der Waals surface area contributed by atoms with Gasteiger partial charge in [0.1, 0.15) is 11.3 Å². The fraction of sp³-hybridized carbons (Fsp3) is 0.211. The van der Waals surface area contributed by atoms with Crippen molar-refractivity contribution in [3.05, 3.63) is 76.0 Å². The maximum Gasteiger partial charge on any atom is 0.269 e. The Balaban J connectivity index is 1.64. The molecule has 0 saturated heterocycles. The van der Waals surface area contributed by atoms with E-state index in [1.165, 1.54) is 6.07 Å². The first-order valence-corrected chi connectivity index (χ1v) is 8.26. The second kappa shape index (κ2) is 7.69. The smallest absolute Gasteiger partial charge is 0.269 e. The van der Waals surface area contributed by atoms with Crippen LogP contribution in [0.1, 0.15) is 24.3 Å². The number of benzene rings is 2. The number of nitro benzene ring substituents is 1. The van der Waals surface area contributed by atoms with Crippen LogP contribution in [0.3, 0.4) is 0 Å². The molecule has 7 nitrogen and oxygen atoms in total. The minimum Gasteiger partial charge on any atom is -0.459 e. The average molecular weight is 352 g/mol. The lowest BCUT2D eigenvalue weighted by Gasteiger charge is -2.16. The highest BCUT2D eigenvalue weighted by molar-refractivity contribution is 5.81. The van der Waals surface area contributed by atoms with E-state index in [1.54, 1.807) is 19.2 Å². The molecule has 0 saturated carbocycles. The van der Waals surface area contributed by atoms with Crippen molar-refractivity contribution in [3.63, 3.8) is 0 Å². The third kappa shape index (κ3) is 4.00. The van der Waals surface area contributed by atoms with E-state index >= 15 is 0 Å². The summed E-state index contributed by atoms with van der Waals surface area (Å²) in [6.07, 6.45) is 0. The molecule has 3 rings (SSSR count). The zero-order chi connectivity index (χ0) is 18.5. The summed E-state index contributed by atoms with van der Waals surface area (Å²) in [5.74, 6) is 1.40. The van der Waals surface area contributed by atoms with Gasteiger partial charge in [0.2, 0.25) is 0 Å². The van der Waals surface area contributed by atoms with Crippen LogP contribution in [0.4, 0.5) is 5.69 Å². The largest absolute Gasteiger partial charge is 0.459 e. The van der Waals surface area contributed by atoms with E-state index in [0.717, 1.165) is 22.3 Å². The maximum absolute atomic E-state index is 10.9. The Hall–Kier alpha value is -3.35. The molecular weight excluding hydrogens is 332 g/mol. The molecule has 3 aromatic rings. The van der Waals surface area contributed by atoms with Gasteiger partial charge in [-0.2, -0.15) is 0 Å². The molecular formula is C19H20N4O3. The number of hydrogen-bond acceptors (Lipinski definition) is 4. The molecule has 1 aromatic heterocycles. The van der Waals surface area contributed by atoms with Gasteiger partial charge in [-0.25, -0.2) is 0 Å². The van der Waals surface area contributed by atoms with Crippen molar-refractivity contribution in [1.82, 2.24) is 10.6 Å². The van der Waals surface area contributed by atoms with Crippen molar-refractivity contribution in [2.45, 2.75) is 19.5 Å². The number of hydrogen-bond donors (Lipinski definition) is 2. The number of non-ortho nitro benzene ring substituents is 1. The molecule has 134 valence electrons. The van der Waals surface area contributed by atoms with Gasteiger partial charge < -0.3 is 15.1 Å². The van der Waals surface area contributed by atoms with Gasteiger partial charge in [0, 0.05) is 31.1 Å². The van der Waals surface area contributed by atoms with Crippen molar-refractivity contribution in [2.24, 2.45) is 4.99 Å². The molecule has 0 aliphatic carbocycles. The van der Waals surface area contributed by atoms with Gasteiger partial charge in [0.05, 0.1) is 11.0 Å². The SMILES string of the molecule is CN=C(NCc1cccc([N+](=O)[O-])c1)NC(C)c1cc2ccccc2o1. The number of rotatable bonds is 5. The Morgan fingerprint density at radius 2 is 2.04 bits per heavy atom. The Kier molecular flexibility index (Phi) is 5.17. The zero-order valence-corrected chi connectivity index (χ0v) is 14.6. The monoisotopic (exact) mass is 352 g/mol. The molecule has 0 fully saturated rings. The van der Waals surface area contributed by atoms with E-state index in [9.17, 15) is 10.1 Å². The standard InChI is InChI=1S/C19H20N4O3/c1-13(18-11-15-7-3-4-9-17(15)26-18)22-19(20-2)21-12-14-6-5-8-16(10-14)23(24)25/h3-11,13H,12H2,1-2H3,(H2,20,21,22). The number of furan rings is 1. The third-order valence-corrected chi connectivity index (χ3v) is 4.03. The first-order chi connectivity index (χ1) is 12.6. The van der Waals surface area contributed by atoms with Crippen molar-refractivity contribution < 1.29 is 9.34 Å². The summed E-state index contributed by atoms with van der Waals surface area (Å²) in [5.41, 5.74) is 1.72. The highest BCUT2D eigenvalue weighted by Crippen LogP contribution is 2.23. The average Bonchev–Trinajstić information content (AvgIpc) is 3.09. The van der Waals surface area contributed by atoms with E-state index in [0.29, 0.717) is 12.5 Å². The molecule has 0 bridgehead atoms. The zero-order valence-electron chi connectivity index (χ0n) is 14.6. The van der Waals surface area contributed by atoms with Gasteiger partial charge in [-0.3, -0.25) is 15.1 Å². The van der Waals surface area contributed by atoms with Gasteiger partial charge in [0.15, 0.2) is 5.96 Å². The molecule has 0 amide bonds. The summed E-state index contributed by atoms with van der Waals surface area (Å²) in [4.78, 5) is 14.7. The normalized spacial score (nSPS) is 12.8. The van der Waals surface area contributed by atoms with Gasteiger partial charge in [-0.15, -0.1) is 0 Å². The Morgan fingerprint density at radius 1 is 1.23 bits per heavy atom. The number of para-hydroxylation sites is 1. The summed E-state index contributed by atoms with van der Waals surface area (Å²) in [7, 11) is 1.67. The number of guanidine groups is 1. The molecule has 1 heterocycles. The van der Waals surface area contributed by atoms with Crippen LogP contribution in [0, 0.1) is 10.1 Å². The fourth-order valence-corrected chi connectivity index (χ4v) is 2.65. The van der Waals surface area contributed by atoms with Crippen LogP contribution >= 0.6 is 0 Å². The lowest BCUT2D eigenvalue weighted by Crippen LogP contribution is -2.38. The van der Waals surface area contributed by atoms with Crippen molar-refractivity contribution >= 4 is 22.6 Å². The second-order valence-corrected chi connectivity index (χ2v) is 5.91. The number of nitrogens with zero attached hydrogens (tertiary/aromatic N) is 2. The minimum absolute atomic E-state index is 0.0721. The number of nitrogens with one attached hydrogen (secondary N) is 2. The summed E-state index contributed by atoms with van der Waals surface area (Å²) in [5, 5.41) is 18.3. The van der Waals surface area contributed by atoms with Crippen LogP contribution in [0.2, 0.25) is 0 Å². The Labute approximate surface area is 150 Å². The topological polar surface area (TPSA) is 92.7 Å². The first kappa shape index (κ1) is 17.5. The lowest BCUT2D eigenvalue weighted by atomic mass is 10.2. The summed E-state index contributed by atoms with van der Waals surface area (Å²) < 4.78 is 5.86. The first-order valence-electron chi connectivity index (χ1n) is 8.26. The molecule has 0 aliphatic heterocycles. The predicted molar refractivity (Wildman–Crippen MR) is 101 cm³/mol. The molecule has 7 heteroatoms. The van der Waals surface area contributed by atoms with Gasteiger partial charge >= 0.3 is 0 Å². The van der Waals surface area contributed by atoms with Crippen LogP contribution in [0.25, 0.3) is 11.0 Å². The third-order valence-electron chi connectivity index (χ3n) is 4.03.